The Morgan fingerprint density at radius 2 is 2.11 bits per heavy atom. The van der Waals surface area contributed by atoms with E-state index >= 15 is 0 Å². The van der Waals surface area contributed by atoms with E-state index < -0.39 is 0 Å². The van der Waals surface area contributed by atoms with E-state index in [1.807, 2.05) is 24.3 Å². The molecular formula is C16H23NO2. The van der Waals surface area contributed by atoms with Crippen LogP contribution in [0.4, 0.5) is 0 Å². The summed E-state index contributed by atoms with van der Waals surface area (Å²) in [5.74, 6) is 1.23. The number of carbonyl (C=O) groups is 1. The van der Waals surface area contributed by atoms with Gasteiger partial charge in [0.05, 0.1) is 7.11 Å². The molecule has 0 aromatic heterocycles. The van der Waals surface area contributed by atoms with E-state index in [0.29, 0.717) is 24.7 Å². The van der Waals surface area contributed by atoms with E-state index in [1.165, 1.54) is 18.4 Å². The van der Waals surface area contributed by atoms with Gasteiger partial charge in [0.25, 0.3) is 0 Å². The summed E-state index contributed by atoms with van der Waals surface area (Å²) in [6, 6.07) is 8.37. The van der Waals surface area contributed by atoms with Crippen LogP contribution in [0, 0.1) is 0 Å². The molecule has 1 saturated heterocycles. The summed E-state index contributed by atoms with van der Waals surface area (Å²) >= 11 is 0. The topological polar surface area (TPSA) is 38.3 Å². The number of carbonyl (C=O) groups excluding carboxylic acids is 1. The third kappa shape index (κ3) is 4.67. The van der Waals surface area contributed by atoms with Gasteiger partial charge in [-0.3, -0.25) is 4.79 Å². The molecule has 0 spiro atoms. The Balaban J connectivity index is 1.72. The molecule has 1 aromatic carbocycles. The van der Waals surface area contributed by atoms with Crippen LogP contribution in [0.2, 0.25) is 0 Å². The minimum Gasteiger partial charge on any atom is -0.497 e. The van der Waals surface area contributed by atoms with Crippen molar-refractivity contribution < 1.29 is 9.53 Å². The lowest BCUT2D eigenvalue weighted by atomic mass is 9.97. The monoisotopic (exact) mass is 261 g/mol. The second kappa shape index (κ2) is 7.29. The standard InChI is InChI=1S/C16H23NO2/c1-19-16-9-6-13(7-10-16)5-8-15(18)12-14-4-2-3-11-17-14/h6-7,9-10,14,17H,2-5,8,11-12H2,1H3. The number of piperidine rings is 1. The Morgan fingerprint density at radius 1 is 1.32 bits per heavy atom. The number of nitrogens with one attached hydrogen (secondary N) is 1. The normalized spacial score (nSPS) is 19.1. The van der Waals surface area contributed by atoms with Crippen LogP contribution in [0.3, 0.4) is 0 Å². The van der Waals surface area contributed by atoms with Gasteiger partial charge in [-0.25, -0.2) is 0 Å². The molecule has 1 heterocycles. The van der Waals surface area contributed by atoms with Gasteiger partial charge in [0.2, 0.25) is 0 Å². The first-order chi connectivity index (χ1) is 9.28. The van der Waals surface area contributed by atoms with Crippen molar-refractivity contribution in [1.29, 1.82) is 0 Å². The lowest BCUT2D eigenvalue weighted by Gasteiger charge is -2.22. The summed E-state index contributed by atoms with van der Waals surface area (Å²) in [5, 5.41) is 3.43. The smallest absolute Gasteiger partial charge is 0.134 e. The van der Waals surface area contributed by atoms with Crippen molar-refractivity contribution in [2.24, 2.45) is 0 Å². The number of rotatable bonds is 6. The van der Waals surface area contributed by atoms with Crippen LogP contribution in [0.5, 0.6) is 5.75 Å². The van der Waals surface area contributed by atoms with Crippen molar-refractivity contribution in [2.45, 2.75) is 44.6 Å². The zero-order valence-corrected chi connectivity index (χ0v) is 11.7. The number of aryl methyl sites for hydroxylation is 1. The molecule has 0 amide bonds. The highest BCUT2D eigenvalue weighted by Gasteiger charge is 2.15. The molecule has 3 nitrogen and oxygen atoms in total. The van der Waals surface area contributed by atoms with E-state index in [0.717, 1.165) is 25.1 Å². The highest BCUT2D eigenvalue weighted by Crippen LogP contribution is 2.15. The molecule has 104 valence electrons. The highest BCUT2D eigenvalue weighted by atomic mass is 16.5. The molecule has 0 radical (unpaired) electrons. The number of benzene rings is 1. The summed E-state index contributed by atoms with van der Waals surface area (Å²) in [7, 11) is 1.66. The van der Waals surface area contributed by atoms with Gasteiger partial charge in [-0.1, -0.05) is 18.6 Å². The summed E-state index contributed by atoms with van der Waals surface area (Å²) in [5.41, 5.74) is 1.20. The van der Waals surface area contributed by atoms with Gasteiger partial charge in [-0.05, 0) is 43.5 Å². The van der Waals surface area contributed by atoms with Gasteiger partial charge in [-0.2, -0.15) is 0 Å². The number of hydrogen-bond donors (Lipinski definition) is 1. The maximum atomic E-state index is 11.9. The Bertz CT molecular complexity index is 394. The molecule has 2 rings (SSSR count). The van der Waals surface area contributed by atoms with Crippen molar-refractivity contribution in [1.82, 2.24) is 5.32 Å². The number of ether oxygens (including phenoxy) is 1. The molecule has 1 aliphatic heterocycles. The van der Waals surface area contributed by atoms with Crippen molar-refractivity contribution in [2.75, 3.05) is 13.7 Å². The largest absolute Gasteiger partial charge is 0.497 e. The van der Waals surface area contributed by atoms with Crippen LogP contribution in [0.15, 0.2) is 24.3 Å². The average molecular weight is 261 g/mol. The molecule has 0 saturated carbocycles. The maximum absolute atomic E-state index is 11.9. The SMILES string of the molecule is COc1ccc(CCC(=O)CC2CCCCN2)cc1. The van der Waals surface area contributed by atoms with Gasteiger partial charge in [0.1, 0.15) is 11.5 Å². The van der Waals surface area contributed by atoms with Crippen molar-refractivity contribution in [3.05, 3.63) is 29.8 Å². The second-order valence-electron chi connectivity index (χ2n) is 5.24. The maximum Gasteiger partial charge on any atom is 0.134 e. The van der Waals surface area contributed by atoms with E-state index in [4.69, 9.17) is 4.74 Å². The summed E-state index contributed by atoms with van der Waals surface area (Å²) in [6.07, 6.45) is 5.81. The molecule has 19 heavy (non-hydrogen) atoms. The zero-order chi connectivity index (χ0) is 13.5. The van der Waals surface area contributed by atoms with E-state index in [1.54, 1.807) is 7.11 Å². The molecule has 0 aliphatic carbocycles. The van der Waals surface area contributed by atoms with Crippen molar-refractivity contribution in [3.8, 4) is 5.75 Å². The number of ketones is 1. The predicted octanol–water partition coefficient (Wildman–Crippen LogP) is 2.73. The van der Waals surface area contributed by atoms with E-state index in [9.17, 15) is 4.79 Å². The molecule has 1 N–H and O–H groups in total. The van der Waals surface area contributed by atoms with Crippen LogP contribution < -0.4 is 10.1 Å². The van der Waals surface area contributed by atoms with Crippen molar-refractivity contribution in [3.63, 3.8) is 0 Å². The van der Waals surface area contributed by atoms with Gasteiger partial charge in [0, 0.05) is 18.9 Å². The zero-order valence-electron chi connectivity index (χ0n) is 11.7. The molecular weight excluding hydrogens is 238 g/mol. The molecule has 0 bridgehead atoms. The highest BCUT2D eigenvalue weighted by molar-refractivity contribution is 5.79. The first-order valence-electron chi connectivity index (χ1n) is 7.16. The number of hydrogen-bond acceptors (Lipinski definition) is 3. The minimum absolute atomic E-state index is 0.371. The van der Waals surface area contributed by atoms with Crippen LogP contribution in [-0.4, -0.2) is 25.5 Å². The summed E-state index contributed by atoms with van der Waals surface area (Å²) < 4.78 is 5.12. The Kier molecular flexibility index (Phi) is 5.40. The second-order valence-corrected chi connectivity index (χ2v) is 5.24. The Hall–Kier alpha value is -1.35. The van der Waals surface area contributed by atoms with E-state index in [2.05, 4.69) is 5.32 Å². The molecule has 1 fully saturated rings. The van der Waals surface area contributed by atoms with E-state index in [-0.39, 0.29) is 0 Å². The molecule has 1 atom stereocenters. The summed E-state index contributed by atoms with van der Waals surface area (Å²) in [6.45, 7) is 1.07. The Morgan fingerprint density at radius 3 is 2.74 bits per heavy atom. The quantitative estimate of drug-likeness (QED) is 0.855. The van der Waals surface area contributed by atoms with Crippen LogP contribution in [0.25, 0.3) is 0 Å². The lowest BCUT2D eigenvalue weighted by molar-refractivity contribution is -0.119. The van der Waals surface area contributed by atoms with Crippen LogP contribution in [-0.2, 0) is 11.2 Å². The first kappa shape index (κ1) is 14.1. The van der Waals surface area contributed by atoms with Gasteiger partial charge in [-0.15, -0.1) is 0 Å². The summed E-state index contributed by atoms with van der Waals surface area (Å²) in [4.78, 5) is 11.9. The molecule has 1 unspecified atom stereocenters. The predicted molar refractivity (Wildman–Crippen MR) is 76.6 cm³/mol. The number of Topliss-reactive ketones (excluding diaryl/α,β-unsaturated/α-hetero) is 1. The fraction of sp³-hybridized carbons (Fsp3) is 0.562. The third-order valence-electron chi connectivity index (χ3n) is 3.74. The first-order valence-corrected chi connectivity index (χ1v) is 7.16. The third-order valence-corrected chi connectivity index (χ3v) is 3.74. The molecule has 3 heteroatoms. The minimum atomic E-state index is 0.371. The van der Waals surface area contributed by atoms with Gasteiger partial charge >= 0.3 is 0 Å². The van der Waals surface area contributed by atoms with Gasteiger partial charge in [0.15, 0.2) is 0 Å². The Labute approximate surface area is 115 Å². The van der Waals surface area contributed by atoms with Crippen LogP contribution >= 0.6 is 0 Å². The fourth-order valence-corrected chi connectivity index (χ4v) is 2.55. The molecule has 1 aromatic rings. The molecule has 1 aliphatic rings. The average Bonchev–Trinajstić information content (AvgIpc) is 2.47. The fourth-order valence-electron chi connectivity index (χ4n) is 2.55. The van der Waals surface area contributed by atoms with Crippen molar-refractivity contribution >= 4 is 5.78 Å². The van der Waals surface area contributed by atoms with Crippen LogP contribution in [0.1, 0.15) is 37.7 Å². The number of methoxy groups -OCH3 is 1. The lowest BCUT2D eigenvalue weighted by Crippen LogP contribution is -2.35. The van der Waals surface area contributed by atoms with Gasteiger partial charge < -0.3 is 10.1 Å².